The summed E-state index contributed by atoms with van der Waals surface area (Å²) >= 11 is 1.33. The molecule has 0 radical (unpaired) electrons. The van der Waals surface area contributed by atoms with Crippen molar-refractivity contribution in [1.82, 2.24) is 4.98 Å². The van der Waals surface area contributed by atoms with Crippen molar-refractivity contribution in [2.24, 2.45) is 0 Å². The summed E-state index contributed by atoms with van der Waals surface area (Å²) in [4.78, 5) is 4.09. The van der Waals surface area contributed by atoms with Gasteiger partial charge in [0.25, 0.3) is 0 Å². The van der Waals surface area contributed by atoms with E-state index in [1.54, 1.807) is 17.6 Å². The SMILES string of the molecule is CCOc1ccc(-c2ncsc2N)cc1F. The van der Waals surface area contributed by atoms with Crippen molar-refractivity contribution in [2.45, 2.75) is 6.92 Å². The van der Waals surface area contributed by atoms with Gasteiger partial charge in [0.15, 0.2) is 11.6 Å². The Morgan fingerprint density at radius 3 is 2.88 bits per heavy atom. The predicted octanol–water partition coefficient (Wildman–Crippen LogP) is 2.93. The van der Waals surface area contributed by atoms with E-state index in [2.05, 4.69) is 4.98 Å². The van der Waals surface area contributed by atoms with Crippen LogP contribution in [0.15, 0.2) is 23.7 Å². The quantitative estimate of drug-likeness (QED) is 0.894. The Bertz CT molecular complexity index is 498. The average Bonchev–Trinajstić information content (AvgIpc) is 2.68. The molecular formula is C11H11FN2OS. The second-order valence-electron chi connectivity index (χ2n) is 3.14. The highest BCUT2D eigenvalue weighted by Crippen LogP contribution is 2.30. The zero-order valence-corrected chi connectivity index (χ0v) is 9.55. The van der Waals surface area contributed by atoms with Crippen molar-refractivity contribution in [3.63, 3.8) is 0 Å². The van der Waals surface area contributed by atoms with Crippen molar-refractivity contribution >= 4 is 16.3 Å². The number of ether oxygens (including phenoxy) is 1. The van der Waals surface area contributed by atoms with Gasteiger partial charge in [-0.3, -0.25) is 0 Å². The molecule has 1 aromatic carbocycles. The molecule has 2 rings (SSSR count). The van der Waals surface area contributed by atoms with Gasteiger partial charge in [-0.15, -0.1) is 11.3 Å². The molecule has 0 saturated carbocycles. The number of halogens is 1. The fraction of sp³-hybridized carbons (Fsp3) is 0.182. The van der Waals surface area contributed by atoms with E-state index >= 15 is 0 Å². The molecule has 1 heterocycles. The van der Waals surface area contributed by atoms with Crippen LogP contribution in [0.5, 0.6) is 5.75 Å². The van der Waals surface area contributed by atoms with E-state index in [-0.39, 0.29) is 5.75 Å². The first kappa shape index (κ1) is 10.9. The topological polar surface area (TPSA) is 48.1 Å². The Kier molecular flexibility index (Phi) is 3.05. The first-order valence-corrected chi connectivity index (χ1v) is 5.72. The van der Waals surface area contributed by atoms with Crippen molar-refractivity contribution in [3.8, 4) is 17.0 Å². The van der Waals surface area contributed by atoms with Crippen molar-refractivity contribution in [3.05, 3.63) is 29.5 Å². The summed E-state index contributed by atoms with van der Waals surface area (Å²) in [5.41, 5.74) is 8.64. The molecule has 0 aliphatic rings. The van der Waals surface area contributed by atoms with Gasteiger partial charge < -0.3 is 10.5 Å². The van der Waals surface area contributed by atoms with Gasteiger partial charge in [-0.1, -0.05) is 0 Å². The van der Waals surface area contributed by atoms with Gasteiger partial charge in [-0.05, 0) is 25.1 Å². The fourth-order valence-electron chi connectivity index (χ4n) is 1.39. The van der Waals surface area contributed by atoms with Crippen LogP contribution in [0.4, 0.5) is 9.39 Å². The maximum atomic E-state index is 13.6. The number of hydrogen-bond donors (Lipinski definition) is 1. The van der Waals surface area contributed by atoms with E-state index in [9.17, 15) is 4.39 Å². The highest BCUT2D eigenvalue weighted by Gasteiger charge is 2.09. The number of rotatable bonds is 3. The Balaban J connectivity index is 2.38. The minimum absolute atomic E-state index is 0.250. The van der Waals surface area contributed by atoms with E-state index in [0.717, 1.165) is 0 Å². The first-order chi connectivity index (χ1) is 7.72. The molecule has 0 amide bonds. The second kappa shape index (κ2) is 4.49. The third kappa shape index (κ3) is 1.99. The third-order valence-corrected chi connectivity index (χ3v) is 2.76. The number of nitrogen functional groups attached to an aromatic ring is 1. The van der Waals surface area contributed by atoms with Gasteiger partial charge in [0.1, 0.15) is 10.7 Å². The number of thiazole rings is 1. The summed E-state index contributed by atoms with van der Waals surface area (Å²) in [5.74, 6) is -0.146. The molecule has 3 nitrogen and oxygen atoms in total. The van der Waals surface area contributed by atoms with Crippen molar-refractivity contribution < 1.29 is 9.13 Å². The summed E-state index contributed by atoms with van der Waals surface area (Å²) in [5, 5.41) is 0.587. The van der Waals surface area contributed by atoms with E-state index in [0.29, 0.717) is 22.9 Å². The van der Waals surface area contributed by atoms with E-state index < -0.39 is 5.82 Å². The molecule has 2 N–H and O–H groups in total. The van der Waals surface area contributed by atoms with E-state index in [1.165, 1.54) is 17.4 Å². The molecule has 2 aromatic rings. The van der Waals surface area contributed by atoms with Crippen LogP contribution in [0, 0.1) is 5.82 Å². The monoisotopic (exact) mass is 238 g/mol. The molecule has 0 aliphatic carbocycles. The maximum Gasteiger partial charge on any atom is 0.165 e. The van der Waals surface area contributed by atoms with Crippen LogP contribution in [0.2, 0.25) is 0 Å². The lowest BCUT2D eigenvalue weighted by Crippen LogP contribution is -1.95. The molecule has 0 atom stereocenters. The number of benzene rings is 1. The lowest BCUT2D eigenvalue weighted by Gasteiger charge is -2.05. The molecule has 0 unspecified atom stereocenters. The van der Waals surface area contributed by atoms with Gasteiger partial charge in [0.2, 0.25) is 0 Å². The van der Waals surface area contributed by atoms with Crippen LogP contribution >= 0.6 is 11.3 Å². The van der Waals surface area contributed by atoms with Gasteiger partial charge in [-0.25, -0.2) is 9.37 Å². The molecule has 16 heavy (non-hydrogen) atoms. The number of nitrogens with two attached hydrogens (primary N) is 1. The molecule has 0 aliphatic heterocycles. The van der Waals surface area contributed by atoms with Crippen LogP contribution in [0.1, 0.15) is 6.92 Å². The Morgan fingerprint density at radius 1 is 1.50 bits per heavy atom. The zero-order chi connectivity index (χ0) is 11.5. The first-order valence-electron chi connectivity index (χ1n) is 4.84. The molecule has 0 spiro atoms. The molecule has 1 aromatic heterocycles. The second-order valence-corrected chi connectivity index (χ2v) is 4.03. The third-order valence-electron chi connectivity index (χ3n) is 2.10. The minimum atomic E-state index is -0.397. The molecule has 0 fully saturated rings. The van der Waals surface area contributed by atoms with Gasteiger partial charge in [-0.2, -0.15) is 0 Å². The number of hydrogen-bond acceptors (Lipinski definition) is 4. The van der Waals surface area contributed by atoms with Crippen LogP contribution in [0.3, 0.4) is 0 Å². The Labute approximate surface area is 96.7 Å². The normalized spacial score (nSPS) is 10.4. The summed E-state index contributed by atoms with van der Waals surface area (Å²) in [6.45, 7) is 2.25. The van der Waals surface area contributed by atoms with Gasteiger partial charge >= 0.3 is 0 Å². The van der Waals surface area contributed by atoms with E-state index in [1.807, 2.05) is 6.92 Å². The summed E-state index contributed by atoms with van der Waals surface area (Å²) in [7, 11) is 0. The van der Waals surface area contributed by atoms with Crippen molar-refractivity contribution in [2.75, 3.05) is 12.3 Å². The lowest BCUT2D eigenvalue weighted by molar-refractivity contribution is 0.321. The average molecular weight is 238 g/mol. The lowest BCUT2D eigenvalue weighted by atomic mass is 10.1. The molecule has 5 heteroatoms. The van der Waals surface area contributed by atoms with Crippen LogP contribution in [0.25, 0.3) is 11.3 Å². The highest BCUT2D eigenvalue weighted by molar-refractivity contribution is 7.14. The number of nitrogens with zero attached hydrogens (tertiary/aromatic N) is 1. The summed E-state index contributed by atoms with van der Waals surface area (Å²) < 4.78 is 18.7. The predicted molar refractivity (Wildman–Crippen MR) is 63.1 cm³/mol. The van der Waals surface area contributed by atoms with Gasteiger partial charge in [0.05, 0.1) is 12.1 Å². The molecular weight excluding hydrogens is 227 g/mol. The highest BCUT2D eigenvalue weighted by atomic mass is 32.1. The minimum Gasteiger partial charge on any atom is -0.491 e. The Morgan fingerprint density at radius 2 is 2.31 bits per heavy atom. The Hall–Kier alpha value is -1.62. The van der Waals surface area contributed by atoms with E-state index in [4.69, 9.17) is 10.5 Å². The number of anilines is 1. The van der Waals surface area contributed by atoms with Crippen molar-refractivity contribution in [1.29, 1.82) is 0 Å². The van der Waals surface area contributed by atoms with Gasteiger partial charge in [0, 0.05) is 5.56 Å². The molecule has 84 valence electrons. The van der Waals surface area contributed by atoms with Crippen LogP contribution in [-0.2, 0) is 0 Å². The molecule has 0 saturated heterocycles. The maximum absolute atomic E-state index is 13.6. The zero-order valence-electron chi connectivity index (χ0n) is 8.74. The summed E-state index contributed by atoms with van der Waals surface area (Å²) in [6, 6.07) is 4.73. The molecule has 0 bridgehead atoms. The number of aromatic nitrogens is 1. The standard InChI is InChI=1S/C11H11FN2OS/c1-2-15-9-4-3-7(5-8(9)12)10-11(13)16-6-14-10/h3-6H,2,13H2,1H3. The van der Waals surface area contributed by atoms with Crippen LogP contribution < -0.4 is 10.5 Å². The summed E-state index contributed by atoms with van der Waals surface area (Å²) in [6.07, 6.45) is 0. The fourth-order valence-corrected chi connectivity index (χ4v) is 1.95. The van der Waals surface area contributed by atoms with Crippen LogP contribution in [-0.4, -0.2) is 11.6 Å². The smallest absolute Gasteiger partial charge is 0.165 e. The largest absolute Gasteiger partial charge is 0.491 e.